The summed E-state index contributed by atoms with van der Waals surface area (Å²) in [5, 5.41) is 4.39. The number of rotatable bonds is 6. The topological polar surface area (TPSA) is 93.7 Å². The number of benzene rings is 2. The van der Waals surface area contributed by atoms with Crippen LogP contribution in [0.15, 0.2) is 48.5 Å². The molecule has 2 rings (SSSR count). The second-order valence-electron chi connectivity index (χ2n) is 5.84. The lowest BCUT2D eigenvalue weighted by Gasteiger charge is -2.18. The van der Waals surface area contributed by atoms with Crippen molar-refractivity contribution in [3.8, 4) is 5.75 Å². The van der Waals surface area contributed by atoms with Crippen molar-refractivity contribution in [3.63, 3.8) is 0 Å². The highest BCUT2D eigenvalue weighted by molar-refractivity contribution is 5.97. The van der Waals surface area contributed by atoms with Gasteiger partial charge in [0, 0.05) is 12.6 Å². The highest BCUT2D eigenvalue weighted by Crippen LogP contribution is 2.21. The first-order chi connectivity index (χ1) is 12.9. The number of nitrogens with one attached hydrogen (secondary N) is 2. The van der Waals surface area contributed by atoms with Gasteiger partial charge in [-0.15, -0.1) is 0 Å². The number of urea groups is 1. The van der Waals surface area contributed by atoms with Gasteiger partial charge in [-0.1, -0.05) is 42.5 Å². The normalized spacial score (nSPS) is 11.2. The van der Waals surface area contributed by atoms with Gasteiger partial charge in [0.25, 0.3) is 5.91 Å². The lowest BCUT2D eigenvalue weighted by atomic mass is 10.1. The molecule has 0 unspecified atom stereocenters. The highest BCUT2D eigenvalue weighted by atomic mass is 16.6. The Kier molecular flexibility index (Phi) is 6.93. The summed E-state index contributed by atoms with van der Waals surface area (Å²) >= 11 is 0. The van der Waals surface area contributed by atoms with E-state index in [1.54, 1.807) is 36.4 Å². The third-order valence-electron chi connectivity index (χ3n) is 3.95. The Morgan fingerprint density at radius 2 is 1.70 bits per heavy atom. The first-order valence-corrected chi connectivity index (χ1v) is 8.38. The Balaban J connectivity index is 2.07. The van der Waals surface area contributed by atoms with Crippen molar-refractivity contribution in [2.45, 2.75) is 20.0 Å². The summed E-state index contributed by atoms with van der Waals surface area (Å²) in [6.07, 6.45) is -1.27. The number of carbonyl (C=O) groups is 3. The predicted molar refractivity (Wildman–Crippen MR) is 99.3 cm³/mol. The number of imide groups is 1. The van der Waals surface area contributed by atoms with Crippen molar-refractivity contribution in [2.24, 2.45) is 0 Å². The van der Waals surface area contributed by atoms with E-state index >= 15 is 0 Å². The van der Waals surface area contributed by atoms with Crippen LogP contribution in [-0.4, -0.2) is 31.6 Å². The van der Waals surface area contributed by atoms with E-state index in [9.17, 15) is 14.4 Å². The predicted octanol–water partition coefficient (Wildman–Crippen LogP) is 2.42. The SMILES string of the molecule is CNC(=O)NC(=O)[C@@H](OC(=O)COc1cccc(C)c1C)c1ccccc1. The smallest absolute Gasteiger partial charge is 0.345 e. The maximum Gasteiger partial charge on any atom is 0.345 e. The Bertz CT molecular complexity index is 820. The van der Waals surface area contributed by atoms with E-state index in [2.05, 4.69) is 10.6 Å². The van der Waals surface area contributed by atoms with Crippen LogP contribution in [-0.2, 0) is 14.3 Å². The van der Waals surface area contributed by atoms with Crippen LogP contribution in [0.1, 0.15) is 22.8 Å². The molecule has 0 aliphatic carbocycles. The average molecular weight is 370 g/mol. The molecule has 1 atom stereocenters. The molecule has 0 radical (unpaired) electrons. The molecule has 2 aromatic carbocycles. The second-order valence-corrected chi connectivity index (χ2v) is 5.84. The van der Waals surface area contributed by atoms with Crippen LogP contribution in [0.5, 0.6) is 5.75 Å². The van der Waals surface area contributed by atoms with Crippen molar-refractivity contribution in [2.75, 3.05) is 13.7 Å². The minimum atomic E-state index is -1.27. The molecule has 142 valence electrons. The molecule has 3 amide bonds. The van der Waals surface area contributed by atoms with E-state index in [-0.39, 0.29) is 6.61 Å². The average Bonchev–Trinajstić information content (AvgIpc) is 2.67. The zero-order valence-electron chi connectivity index (χ0n) is 15.4. The Labute approximate surface area is 157 Å². The van der Waals surface area contributed by atoms with Crippen LogP contribution in [0.25, 0.3) is 0 Å². The number of hydrogen-bond acceptors (Lipinski definition) is 5. The van der Waals surface area contributed by atoms with E-state index in [4.69, 9.17) is 9.47 Å². The Morgan fingerprint density at radius 1 is 1.00 bits per heavy atom. The molecule has 0 aromatic heterocycles. The third-order valence-corrected chi connectivity index (χ3v) is 3.95. The molecule has 0 fully saturated rings. The Hall–Kier alpha value is -3.35. The lowest BCUT2D eigenvalue weighted by Crippen LogP contribution is -2.41. The largest absolute Gasteiger partial charge is 0.482 e. The lowest BCUT2D eigenvalue weighted by molar-refractivity contribution is -0.158. The van der Waals surface area contributed by atoms with Crippen LogP contribution in [0, 0.1) is 13.8 Å². The standard InChI is InChI=1S/C20H22N2O5/c1-13-8-7-11-16(14(13)2)26-12-17(23)27-18(15-9-5-4-6-10-15)19(24)22-20(25)21-3/h4-11,18H,12H2,1-3H3,(H2,21,22,24,25)/t18-/m0/s1. The molecule has 0 heterocycles. The fourth-order valence-electron chi connectivity index (χ4n) is 2.32. The summed E-state index contributed by atoms with van der Waals surface area (Å²) < 4.78 is 10.8. The van der Waals surface area contributed by atoms with Crippen molar-refractivity contribution in [1.82, 2.24) is 10.6 Å². The van der Waals surface area contributed by atoms with Gasteiger partial charge in [-0.25, -0.2) is 9.59 Å². The fraction of sp³-hybridized carbons (Fsp3) is 0.250. The minimum absolute atomic E-state index is 0.360. The van der Waals surface area contributed by atoms with Gasteiger partial charge >= 0.3 is 12.0 Å². The van der Waals surface area contributed by atoms with Crippen LogP contribution in [0.2, 0.25) is 0 Å². The van der Waals surface area contributed by atoms with Crippen LogP contribution < -0.4 is 15.4 Å². The molecular formula is C20H22N2O5. The van der Waals surface area contributed by atoms with Gasteiger partial charge in [-0.3, -0.25) is 10.1 Å². The van der Waals surface area contributed by atoms with Crippen molar-refractivity contribution in [1.29, 1.82) is 0 Å². The molecule has 7 nitrogen and oxygen atoms in total. The zero-order valence-corrected chi connectivity index (χ0v) is 15.4. The summed E-state index contributed by atoms with van der Waals surface area (Å²) in [6.45, 7) is 3.47. The van der Waals surface area contributed by atoms with Crippen molar-refractivity contribution in [3.05, 3.63) is 65.2 Å². The summed E-state index contributed by atoms with van der Waals surface area (Å²) in [4.78, 5) is 36.0. The molecule has 2 aromatic rings. The molecule has 0 bridgehead atoms. The molecule has 0 saturated carbocycles. The number of aryl methyl sites for hydroxylation is 1. The molecule has 0 spiro atoms. The molecule has 0 aliphatic heterocycles. The molecule has 27 heavy (non-hydrogen) atoms. The molecule has 0 aliphatic rings. The van der Waals surface area contributed by atoms with Crippen LogP contribution in [0.4, 0.5) is 4.79 Å². The quantitative estimate of drug-likeness (QED) is 0.762. The maximum absolute atomic E-state index is 12.3. The first-order valence-electron chi connectivity index (χ1n) is 8.38. The molecule has 0 saturated heterocycles. The van der Waals surface area contributed by atoms with E-state index in [0.717, 1.165) is 11.1 Å². The number of carbonyl (C=O) groups excluding carboxylic acids is 3. The van der Waals surface area contributed by atoms with Gasteiger partial charge in [0.15, 0.2) is 6.61 Å². The first kappa shape index (κ1) is 20.0. The second kappa shape index (κ2) is 9.38. The zero-order chi connectivity index (χ0) is 19.8. The van der Waals surface area contributed by atoms with E-state index in [0.29, 0.717) is 11.3 Å². The van der Waals surface area contributed by atoms with E-state index in [1.165, 1.54) is 7.05 Å². The summed E-state index contributed by atoms with van der Waals surface area (Å²) in [6, 6.07) is 13.3. The molecule has 2 N–H and O–H groups in total. The van der Waals surface area contributed by atoms with Gasteiger partial charge in [0.2, 0.25) is 6.10 Å². The van der Waals surface area contributed by atoms with Gasteiger partial charge in [-0.05, 0) is 31.0 Å². The van der Waals surface area contributed by atoms with E-state index < -0.39 is 24.0 Å². The third kappa shape index (κ3) is 5.57. The van der Waals surface area contributed by atoms with Crippen LogP contribution in [0.3, 0.4) is 0 Å². The fourth-order valence-corrected chi connectivity index (χ4v) is 2.32. The summed E-state index contributed by atoms with van der Waals surface area (Å²) in [5.41, 5.74) is 2.40. The minimum Gasteiger partial charge on any atom is -0.482 e. The Morgan fingerprint density at radius 3 is 2.37 bits per heavy atom. The van der Waals surface area contributed by atoms with E-state index in [1.807, 2.05) is 26.0 Å². The highest BCUT2D eigenvalue weighted by Gasteiger charge is 2.26. The molecule has 7 heteroatoms. The maximum atomic E-state index is 12.3. The number of amides is 3. The summed E-state index contributed by atoms with van der Waals surface area (Å²) in [7, 11) is 1.38. The van der Waals surface area contributed by atoms with Gasteiger partial charge in [0.05, 0.1) is 0 Å². The number of hydrogen-bond donors (Lipinski definition) is 2. The van der Waals surface area contributed by atoms with Crippen molar-refractivity contribution < 1.29 is 23.9 Å². The monoisotopic (exact) mass is 370 g/mol. The summed E-state index contributed by atoms with van der Waals surface area (Å²) in [5.74, 6) is -0.907. The molecular weight excluding hydrogens is 348 g/mol. The van der Waals surface area contributed by atoms with Crippen LogP contribution >= 0.6 is 0 Å². The van der Waals surface area contributed by atoms with Crippen molar-refractivity contribution >= 4 is 17.9 Å². The van der Waals surface area contributed by atoms with Gasteiger partial charge in [0.1, 0.15) is 5.75 Å². The van der Waals surface area contributed by atoms with Gasteiger partial charge in [-0.2, -0.15) is 0 Å². The van der Waals surface area contributed by atoms with Gasteiger partial charge < -0.3 is 14.8 Å². The number of esters is 1. The number of ether oxygens (including phenoxy) is 2.